The molecule has 0 heterocycles. The molecule has 0 fully saturated rings. The predicted octanol–water partition coefficient (Wildman–Crippen LogP) is 9.16. The van der Waals surface area contributed by atoms with Crippen LogP contribution in [0.3, 0.4) is 0 Å². The van der Waals surface area contributed by atoms with Crippen molar-refractivity contribution in [3.8, 4) is 0 Å². The quantitative estimate of drug-likeness (QED) is 0.0720. The maximum atomic E-state index is 13.7. The third kappa shape index (κ3) is 10.5. The van der Waals surface area contributed by atoms with Crippen molar-refractivity contribution in [1.29, 1.82) is 0 Å². The van der Waals surface area contributed by atoms with Gasteiger partial charge in [-0.2, -0.15) is 0 Å². The number of benzene rings is 6. The lowest BCUT2D eigenvalue weighted by Gasteiger charge is -2.13. The monoisotopic (exact) mass is 794 g/mol. The zero-order chi connectivity index (χ0) is 41.8. The summed E-state index contributed by atoms with van der Waals surface area (Å²) in [4.78, 5) is 78.8. The van der Waals surface area contributed by atoms with Crippen LogP contribution in [0.4, 0.5) is 34.1 Å². The highest BCUT2D eigenvalue weighted by Gasteiger charge is 2.18. The number of carbonyl (C=O) groups excluding carboxylic acids is 6. The molecular formula is C48H38N6O6. The van der Waals surface area contributed by atoms with Crippen LogP contribution in [0.2, 0.25) is 0 Å². The first-order valence-corrected chi connectivity index (χ1v) is 19.0. The second-order valence-corrected chi connectivity index (χ2v) is 13.6. The van der Waals surface area contributed by atoms with E-state index in [1.165, 1.54) is 18.2 Å². The summed E-state index contributed by atoms with van der Waals surface area (Å²) >= 11 is 0. The van der Waals surface area contributed by atoms with Crippen molar-refractivity contribution in [2.24, 2.45) is 0 Å². The van der Waals surface area contributed by atoms with Gasteiger partial charge in [-0.1, -0.05) is 54.6 Å². The normalized spacial score (nSPS) is 11.6. The van der Waals surface area contributed by atoms with Gasteiger partial charge < -0.3 is 31.9 Å². The topological polar surface area (TPSA) is 175 Å². The first kappa shape index (κ1) is 39.8. The Bertz CT molecular complexity index is 2490. The van der Waals surface area contributed by atoms with Crippen molar-refractivity contribution in [2.75, 3.05) is 31.9 Å². The van der Waals surface area contributed by atoms with Gasteiger partial charge in [0.1, 0.15) is 0 Å². The van der Waals surface area contributed by atoms with Crippen molar-refractivity contribution in [2.45, 2.75) is 12.8 Å². The molecule has 1 aliphatic rings. The molecule has 0 aromatic heterocycles. The Morgan fingerprint density at radius 1 is 0.317 bits per heavy atom. The molecule has 0 unspecified atom stereocenters. The molecule has 6 aromatic carbocycles. The molecule has 0 atom stereocenters. The number of carbonyl (C=O) groups is 6. The van der Waals surface area contributed by atoms with Gasteiger partial charge in [-0.3, -0.25) is 28.8 Å². The molecule has 0 aliphatic heterocycles. The molecule has 12 nitrogen and oxygen atoms in total. The summed E-state index contributed by atoms with van der Waals surface area (Å²) in [5.74, 6) is -2.59. The molecule has 0 radical (unpaired) electrons. The SMILES string of the molecule is O=C(Nc1ccc(NC(=O)c2cc(C(=O)Nc3ccc(NC(=O)c4ccccc4)cc3)cc(C(=O)Nc3ccc(NC(=O)c4ccccc4)cc3)c2)cc1)C1=CCCC=C1. The van der Waals surface area contributed by atoms with Gasteiger partial charge in [-0.25, -0.2) is 0 Å². The van der Waals surface area contributed by atoms with Gasteiger partial charge in [0, 0.05) is 67.5 Å². The number of anilines is 6. The second kappa shape index (κ2) is 18.7. The molecule has 6 aromatic rings. The van der Waals surface area contributed by atoms with Crippen LogP contribution >= 0.6 is 0 Å². The number of nitrogens with one attached hydrogen (secondary N) is 6. The van der Waals surface area contributed by atoms with Crippen LogP contribution in [0.1, 0.15) is 64.6 Å². The molecule has 296 valence electrons. The number of hydrogen-bond donors (Lipinski definition) is 6. The highest BCUT2D eigenvalue weighted by Crippen LogP contribution is 2.22. The number of allylic oxidation sites excluding steroid dienone is 2. The van der Waals surface area contributed by atoms with Crippen LogP contribution in [0.25, 0.3) is 0 Å². The highest BCUT2D eigenvalue weighted by molar-refractivity contribution is 6.13. The molecule has 0 saturated heterocycles. The Labute approximate surface area is 345 Å². The smallest absolute Gasteiger partial charge is 0.255 e. The summed E-state index contributed by atoms with van der Waals surface area (Å²) in [5, 5.41) is 16.8. The zero-order valence-electron chi connectivity index (χ0n) is 32.0. The fourth-order valence-electron chi connectivity index (χ4n) is 6.11. The first-order valence-electron chi connectivity index (χ1n) is 19.0. The standard InChI is InChI=1S/C48H38N6O6/c55-43(31-10-4-1-5-11-31)49-37-16-22-40(23-17-37)52-46(58)34-28-35(47(59)53-41-24-18-38(19-25-41)50-44(56)32-12-6-2-7-13-32)30-36(29-34)48(60)54-42-26-20-39(21-27-42)51-45(57)33-14-8-3-9-15-33/h1-2,4-8,10-30H,3,9H2,(H,49,55)(H,50,56)(H,51,57)(H,52,58)(H,53,59)(H,54,60). The molecule has 0 bridgehead atoms. The molecule has 12 heteroatoms. The number of rotatable bonds is 12. The summed E-state index contributed by atoms with van der Waals surface area (Å²) in [6.07, 6.45) is 7.29. The van der Waals surface area contributed by atoms with E-state index in [0.717, 1.165) is 12.8 Å². The van der Waals surface area contributed by atoms with E-state index in [2.05, 4.69) is 31.9 Å². The Morgan fingerprint density at radius 3 is 0.883 bits per heavy atom. The van der Waals surface area contributed by atoms with E-state index in [1.54, 1.807) is 127 Å². The van der Waals surface area contributed by atoms with Crippen molar-refractivity contribution in [1.82, 2.24) is 0 Å². The number of hydrogen-bond acceptors (Lipinski definition) is 6. The molecule has 1 aliphatic carbocycles. The van der Waals surface area contributed by atoms with E-state index >= 15 is 0 Å². The molecule has 0 saturated carbocycles. The third-order valence-electron chi connectivity index (χ3n) is 9.25. The number of amides is 6. The maximum Gasteiger partial charge on any atom is 0.255 e. The van der Waals surface area contributed by atoms with Gasteiger partial charge in [0.2, 0.25) is 0 Å². The lowest BCUT2D eigenvalue weighted by Crippen LogP contribution is -2.19. The molecule has 7 rings (SSSR count). The van der Waals surface area contributed by atoms with Crippen LogP contribution in [0.15, 0.2) is 175 Å². The molecule has 6 N–H and O–H groups in total. The lowest BCUT2D eigenvalue weighted by molar-refractivity contribution is -0.112. The summed E-state index contributed by atoms with van der Waals surface area (Å²) < 4.78 is 0. The summed E-state index contributed by atoms with van der Waals surface area (Å²) in [5.41, 5.74) is 4.43. The van der Waals surface area contributed by atoms with Gasteiger partial charge in [0.25, 0.3) is 35.4 Å². The van der Waals surface area contributed by atoms with Crippen LogP contribution in [0.5, 0.6) is 0 Å². The molecule has 6 amide bonds. The maximum absolute atomic E-state index is 13.7. The zero-order valence-corrected chi connectivity index (χ0v) is 32.0. The fourth-order valence-corrected chi connectivity index (χ4v) is 6.11. The highest BCUT2D eigenvalue weighted by atomic mass is 16.2. The van der Waals surface area contributed by atoms with E-state index < -0.39 is 17.7 Å². The summed E-state index contributed by atoms with van der Waals surface area (Å²) in [7, 11) is 0. The van der Waals surface area contributed by atoms with Crippen molar-refractivity contribution < 1.29 is 28.8 Å². The van der Waals surface area contributed by atoms with Crippen LogP contribution in [0, 0.1) is 0 Å². The van der Waals surface area contributed by atoms with Crippen molar-refractivity contribution >= 4 is 69.6 Å². The predicted molar refractivity (Wildman–Crippen MR) is 234 cm³/mol. The van der Waals surface area contributed by atoms with Crippen LogP contribution < -0.4 is 31.9 Å². The summed E-state index contributed by atoms with van der Waals surface area (Å²) in [6, 6.07) is 41.2. The minimum atomic E-state index is -0.596. The minimum Gasteiger partial charge on any atom is -0.322 e. The van der Waals surface area contributed by atoms with Crippen LogP contribution in [-0.2, 0) is 4.79 Å². The van der Waals surface area contributed by atoms with E-state index in [9.17, 15) is 28.8 Å². The van der Waals surface area contributed by atoms with E-state index in [-0.39, 0.29) is 34.4 Å². The van der Waals surface area contributed by atoms with Gasteiger partial charge in [-0.15, -0.1) is 0 Å². The van der Waals surface area contributed by atoms with E-state index in [0.29, 0.717) is 50.8 Å². The van der Waals surface area contributed by atoms with E-state index in [4.69, 9.17) is 0 Å². The Hall–Kier alpha value is -8.38. The molecule has 60 heavy (non-hydrogen) atoms. The second-order valence-electron chi connectivity index (χ2n) is 13.6. The first-order chi connectivity index (χ1) is 29.2. The average Bonchev–Trinajstić information content (AvgIpc) is 3.29. The summed E-state index contributed by atoms with van der Waals surface area (Å²) in [6.45, 7) is 0. The molecule has 0 spiro atoms. The van der Waals surface area contributed by atoms with Gasteiger partial charge in [0.05, 0.1) is 0 Å². The fraction of sp³-hybridized carbons (Fsp3) is 0.0417. The lowest BCUT2D eigenvalue weighted by atomic mass is 10.0. The van der Waals surface area contributed by atoms with Gasteiger partial charge in [-0.05, 0) is 128 Å². The Morgan fingerprint density at radius 2 is 0.600 bits per heavy atom. The van der Waals surface area contributed by atoms with Crippen molar-refractivity contribution in [3.63, 3.8) is 0 Å². The minimum absolute atomic E-state index is 0.0253. The largest absolute Gasteiger partial charge is 0.322 e. The third-order valence-corrected chi connectivity index (χ3v) is 9.25. The van der Waals surface area contributed by atoms with Crippen LogP contribution in [-0.4, -0.2) is 35.4 Å². The average molecular weight is 795 g/mol. The van der Waals surface area contributed by atoms with Crippen molar-refractivity contribution in [3.05, 3.63) is 203 Å². The Kier molecular flexibility index (Phi) is 12.4. The van der Waals surface area contributed by atoms with Gasteiger partial charge in [0.15, 0.2) is 0 Å². The van der Waals surface area contributed by atoms with E-state index in [1.807, 2.05) is 24.3 Å². The van der Waals surface area contributed by atoms with Gasteiger partial charge >= 0.3 is 0 Å². The Balaban J connectivity index is 1.07. The molecular weight excluding hydrogens is 757 g/mol.